The van der Waals surface area contributed by atoms with E-state index >= 15 is 0 Å². The van der Waals surface area contributed by atoms with Gasteiger partial charge in [-0.15, -0.1) is 5.16 Å². The molecule has 0 amide bonds. The van der Waals surface area contributed by atoms with Gasteiger partial charge in [0.15, 0.2) is 0 Å². The first kappa shape index (κ1) is 10.8. The summed E-state index contributed by atoms with van der Waals surface area (Å²) in [7, 11) is -1.44. The van der Waals surface area contributed by atoms with E-state index in [9.17, 15) is 0 Å². The first-order valence-corrected chi connectivity index (χ1v) is 8.70. The van der Waals surface area contributed by atoms with Crippen molar-refractivity contribution in [3.63, 3.8) is 0 Å². The Morgan fingerprint density at radius 3 is 2.31 bits per heavy atom. The monoisotopic (exact) mass is 199 g/mol. The maximum absolute atomic E-state index is 5.44. The lowest BCUT2D eigenvalue weighted by atomic mass is 9.90. The third-order valence-corrected chi connectivity index (χ3v) is 2.90. The Hall–Kier alpha value is -0.313. The lowest BCUT2D eigenvalue weighted by molar-refractivity contribution is 0.330. The summed E-state index contributed by atoms with van der Waals surface area (Å²) in [5.74, 6) is 0.685. The van der Waals surface area contributed by atoms with E-state index in [2.05, 4.69) is 24.8 Å². The van der Waals surface area contributed by atoms with E-state index in [1.807, 2.05) is 6.21 Å². The molecule has 0 bridgehead atoms. The van der Waals surface area contributed by atoms with Crippen molar-refractivity contribution in [2.45, 2.75) is 51.7 Å². The number of hydrogen-bond acceptors (Lipinski definition) is 2. The molecule has 1 fully saturated rings. The van der Waals surface area contributed by atoms with Crippen LogP contribution in [0.25, 0.3) is 0 Å². The molecular weight excluding hydrogens is 178 g/mol. The summed E-state index contributed by atoms with van der Waals surface area (Å²) in [5, 5.41) is 4.10. The molecule has 13 heavy (non-hydrogen) atoms. The third kappa shape index (κ3) is 5.08. The molecule has 1 aliphatic rings. The summed E-state index contributed by atoms with van der Waals surface area (Å²) < 4.78 is 5.44. The first-order valence-electron chi connectivity index (χ1n) is 5.29. The van der Waals surface area contributed by atoms with Crippen molar-refractivity contribution in [2.24, 2.45) is 11.1 Å². The van der Waals surface area contributed by atoms with Crippen molar-refractivity contribution in [3.05, 3.63) is 0 Å². The van der Waals surface area contributed by atoms with E-state index in [0.717, 1.165) is 0 Å². The van der Waals surface area contributed by atoms with Crippen molar-refractivity contribution in [2.75, 3.05) is 0 Å². The number of nitrogens with zero attached hydrogens (tertiary/aromatic N) is 1. The van der Waals surface area contributed by atoms with E-state index in [1.165, 1.54) is 32.1 Å². The fraction of sp³-hybridized carbons (Fsp3) is 0.900. The molecule has 0 unspecified atom stereocenters. The van der Waals surface area contributed by atoms with Gasteiger partial charge in [-0.1, -0.05) is 19.3 Å². The van der Waals surface area contributed by atoms with Gasteiger partial charge < -0.3 is 4.53 Å². The molecule has 0 N–H and O–H groups in total. The summed E-state index contributed by atoms with van der Waals surface area (Å²) in [6.07, 6.45) is 8.76. The van der Waals surface area contributed by atoms with Gasteiger partial charge in [-0.3, -0.25) is 0 Å². The van der Waals surface area contributed by atoms with Crippen LogP contribution in [0, 0.1) is 5.92 Å². The number of oxime groups is 1. The second-order valence-electron chi connectivity index (χ2n) is 4.86. The van der Waals surface area contributed by atoms with Gasteiger partial charge >= 0.3 is 0 Å². The Morgan fingerprint density at radius 1 is 1.15 bits per heavy atom. The second kappa shape index (κ2) is 4.79. The highest BCUT2D eigenvalue weighted by Gasteiger charge is 2.16. The average Bonchev–Trinajstić information content (AvgIpc) is 2.04. The predicted molar refractivity (Wildman–Crippen MR) is 59.5 cm³/mol. The van der Waals surface area contributed by atoms with E-state index in [-0.39, 0.29) is 0 Å². The van der Waals surface area contributed by atoms with Crippen LogP contribution in [-0.4, -0.2) is 14.5 Å². The molecule has 0 aliphatic heterocycles. The molecular formula is C10H21NOSi. The van der Waals surface area contributed by atoms with Gasteiger partial charge in [0.05, 0.1) is 0 Å². The van der Waals surface area contributed by atoms with Crippen LogP contribution < -0.4 is 0 Å². The van der Waals surface area contributed by atoms with Crippen molar-refractivity contribution >= 4 is 14.5 Å². The summed E-state index contributed by atoms with van der Waals surface area (Å²) in [6, 6.07) is 0. The fourth-order valence-electron chi connectivity index (χ4n) is 1.56. The van der Waals surface area contributed by atoms with Crippen molar-refractivity contribution in [1.29, 1.82) is 0 Å². The molecule has 0 radical (unpaired) electrons. The Labute approximate surface area is 82.5 Å². The average molecular weight is 199 g/mol. The largest absolute Gasteiger partial charge is 0.456 e. The van der Waals surface area contributed by atoms with Crippen LogP contribution in [0.15, 0.2) is 5.16 Å². The topological polar surface area (TPSA) is 21.6 Å². The summed E-state index contributed by atoms with van der Waals surface area (Å²) in [5.41, 5.74) is 0. The minimum Gasteiger partial charge on any atom is -0.456 e. The predicted octanol–water partition coefficient (Wildman–Crippen LogP) is 3.40. The first-order chi connectivity index (χ1) is 6.08. The fourth-order valence-corrected chi connectivity index (χ4v) is 1.93. The van der Waals surface area contributed by atoms with E-state index < -0.39 is 8.32 Å². The molecule has 1 aliphatic carbocycles. The highest BCUT2D eigenvalue weighted by Crippen LogP contribution is 2.22. The van der Waals surface area contributed by atoms with Crippen LogP contribution in [-0.2, 0) is 4.53 Å². The van der Waals surface area contributed by atoms with Crippen LogP contribution >= 0.6 is 0 Å². The van der Waals surface area contributed by atoms with Crippen LogP contribution in [0.1, 0.15) is 32.1 Å². The van der Waals surface area contributed by atoms with Crippen LogP contribution in [0.4, 0.5) is 0 Å². The molecule has 0 heterocycles. The smallest absolute Gasteiger partial charge is 0.278 e. The van der Waals surface area contributed by atoms with Gasteiger partial charge in [0.1, 0.15) is 0 Å². The van der Waals surface area contributed by atoms with Gasteiger partial charge in [0, 0.05) is 6.21 Å². The Morgan fingerprint density at radius 2 is 1.77 bits per heavy atom. The van der Waals surface area contributed by atoms with E-state index in [1.54, 1.807) is 0 Å². The molecule has 1 rings (SSSR count). The standard InChI is InChI=1S/C10H21NOSi/c1-13(2,3)12-11-9-10-7-5-4-6-8-10/h9-10H,4-8H2,1-3H3/b11-9+. The zero-order valence-electron chi connectivity index (χ0n) is 9.05. The van der Waals surface area contributed by atoms with E-state index in [0.29, 0.717) is 5.92 Å². The molecule has 3 heteroatoms. The zero-order chi connectivity index (χ0) is 9.73. The molecule has 0 spiro atoms. The van der Waals surface area contributed by atoms with Crippen LogP contribution in [0.5, 0.6) is 0 Å². The normalized spacial score (nSPS) is 20.8. The van der Waals surface area contributed by atoms with Crippen molar-refractivity contribution in [3.8, 4) is 0 Å². The van der Waals surface area contributed by atoms with Crippen molar-refractivity contribution in [1.82, 2.24) is 0 Å². The quantitative estimate of drug-likeness (QED) is 0.388. The summed E-state index contributed by atoms with van der Waals surface area (Å²) in [4.78, 5) is 0. The minimum absolute atomic E-state index is 0.685. The number of rotatable bonds is 3. The Kier molecular flexibility index (Phi) is 3.97. The summed E-state index contributed by atoms with van der Waals surface area (Å²) >= 11 is 0. The van der Waals surface area contributed by atoms with E-state index in [4.69, 9.17) is 4.53 Å². The Bertz CT molecular complexity index is 168. The number of hydrogen-bond donors (Lipinski definition) is 0. The highest BCUT2D eigenvalue weighted by atomic mass is 28.4. The van der Waals surface area contributed by atoms with Gasteiger partial charge in [0.25, 0.3) is 8.32 Å². The third-order valence-electron chi connectivity index (χ3n) is 2.25. The molecule has 0 atom stereocenters. The highest BCUT2D eigenvalue weighted by molar-refractivity contribution is 6.69. The second-order valence-corrected chi connectivity index (χ2v) is 9.26. The van der Waals surface area contributed by atoms with Crippen molar-refractivity contribution < 1.29 is 4.53 Å². The SMILES string of the molecule is C[Si](C)(C)O/N=C/C1CCCCC1. The Balaban J connectivity index is 2.22. The molecule has 1 saturated carbocycles. The maximum Gasteiger partial charge on any atom is 0.278 e. The molecule has 0 aromatic carbocycles. The summed E-state index contributed by atoms with van der Waals surface area (Å²) in [6.45, 7) is 6.47. The minimum atomic E-state index is -1.44. The molecule has 0 aromatic heterocycles. The molecule has 0 aromatic rings. The van der Waals surface area contributed by atoms with Gasteiger partial charge in [-0.05, 0) is 38.4 Å². The van der Waals surface area contributed by atoms with Crippen LogP contribution in [0.2, 0.25) is 19.6 Å². The maximum atomic E-state index is 5.44. The molecule has 76 valence electrons. The lowest BCUT2D eigenvalue weighted by Gasteiger charge is -2.18. The molecule has 0 saturated heterocycles. The lowest BCUT2D eigenvalue weighted by Crippen LogP contribution is -2.22. The molecule has 2 nitrogen and oxygen atoms in total. The van der Waals surface area contributed by atoms with Gasteiger partial charge in [-0.25, -0.2) is 0 Å². The van der Waals surface area contributed by atoms with Gasteiger partial charge in [-0.2, -0.15) is 0 Å². The zero-order valence-corrected chi connectivity index (χ0v) is 10.0. The van der Waals surface area contributed by atoms with Crippen LogP contribution in [0.3, 0.4) is 0 Å². The van der Waals surface area contributed by atoms with Gasteiger partial charge in [0.2, 0.25) is 0 Å².